The number of carbonyl (C=O) groups excluding carboxylic acids is 2. The molecule has 6 nitrogen and oxygen atoms in total. The largest absolute Gasteiger partial charge is 0.454 e. The van der Waals surface area contributed by atoms with Gasteiger partial charge in [0.2, 0.25) is 0 Å². The molecular weight excluding hydrogens is 358 g/mol. The van der Waals surface area contributed by atoms with Gasteiger partial charge >= 0.3 is 5.97 Å². The number of esters is 1. The molecule has 2 rings (SSSR count). The Kier molecular flexibility index (Phi) is 6.46. The molecule has 0 bridgehead atoms. The van der Waals surface area contributed by atoms with Crippen molar-refractivity contribution in [2.75, 3.05) is 6.61 Å². The maximum atomic E-state index is 12.2. The minimum atomic E-state index is -0.825. The van der Waals surface area contributed by atoms with Crippen LogP contribution in [0.25, 0.3) is 0 Å². The molecule has 1 atom stereocenters. The molecule has 26 heavy (non-hydrogen) atoms. The van der Waals surface area contributed by atoms with Gasteiger partial charge in [-0.3, -0.25) is 14.9 Å². The van der Waals surface area contributed by atoms with Crippen LogP contribution in [0, 0.1) is 10.1 Å². The van der Waals surface area contributed by atoms with Crippen molar-refractivity contribution in [3.63, 3.8) is 0 Å². The van der Waals surface area contributed by atoms with Crippen molar-refractivity contribution in [3.8, 4) is 0 Å². The Balaban J connectivity index is 2.02. The molecule has 0 saturated heterocycles. The molecule has 0 heterocycles. The van der Waals surface area contributed by atoms with E-state index >= 15 is 0 Å². The van der Waals surface area contributed by atoms with Crippen molar-refractivity contribution in [1.82, 2.24) is 0 Å². The molecule has 0 N–H and O–H groups in total. The predicted octanol–water partition coefficient (Wildman–Crippen LogP) is 4.80. The van der Waals surface area contributed by atoms with E-state index in [0.29, 0.717) is 11.5 Å². The summed E-state index contributed by atoms with van der Waals surface area (Å²) >= 11 is 5.70. The van der Waals surface area contributed by atoms with Crippen LogP contribution in [0.4, 0.5) is 5.69 Å². The normalized spacial score (nSPS) is 11.7. The monoisotopic (exact) mass is 375 g/mol. The number of rotatable bonds is 7. The number of nitrogens with zero attached hydrogens (tertiary/aromatic N) is 1. The summed E-state index contributed by atoms with van der Waals surface area (Å²) in [5, 5.41) is 10.8. The zero-order chi connectivity index (χ0) is 19.3. The van der Waals surface area contributed by atoms with Crippen molar-refractivity contribution in [1.29, 1.82) is 0 Å². The third-order valence-electron chi connectivity index (χ3n) is 4.13. The highest BCUT2D eigenvalue weighted by atomic mass is 35.5. The van der Waals surface area contributed by atoms with Gasteiger partial charge in [-0.2, -0.15) is 0 Å². The fourth-order valence-corrected chi connectivity index (χ4v) is 2.50. The molecule has 0 radical (unpaired) electrons. The number of hydrogen-bond donors (Lipinski definition) is 0. The Morgan fingerprint density at radius 3 is 2.35 bits per heavy atom. The van der Waals surface area contributed by atoms with Gasteiger partial charge in [0.05, 0.1) is 10.5 Å². The van der Waals surface area contributed by atoms with Crippen LogP contribution in [0.2, 0.25) is 5.02 Å². The highest BCUT2D eigenvalue weighted by Crippen LogP contribution is 2.25. The van der Waals surface area contributed by atoms with E-state index in [9.17, 15) is 19.7 Å². The van der Waals surface area contributed by atoms with Gasteiger partial charge in [0.25, 0.3) is 5.69 Å². The standard InChI is InChI=1S/C19H18ClNO5/c1-3-12(2)13-4-6-14(7-5-13)18(22)11-26-19(23)15-8-9-16(20)17(10-15)21(24)25/h4-10,12H,3,11H2,1-2H3/t12-/m0/s1. The summed E-state index contributed by atoms with van der Waals surface area (Å²) in [6, 6.07) is 10.7. The van der Waals surface area contributed by atoms with Crippen LogP contribution in [0.1, 0.15) is 52.5 Å². The zero-order valence-electron chi connectivity index (χ0n) is 14.4. The first-order chi connectivity index (χ1) is 12.3. The van der Waals surface area contributed by atoms with Crippen LogP contribution in [-0.2, 0) is 4.74 Å². The molecule has 0 aliphatic carbocycles. The molecule has 0 fully saturated rings. The van der Waals surface area contributed by atoms with Gasteiger partial charge in [0.15, 0.2) is 12.4 Å². The summed E-state index contributed by atoms with van der Waals surface area (Å²) in [6.07, 6.45) is 0.998. The van der Waals surface area contributed by atoms with Crippen molar-refractivity contribution >= 4 is 29.0 Å². The lowest BCUT2D eigenvalue weighted by atomic mass is 9.97. The van der Waals surface area contributed by atoms with Crippen molar-refractivity contribution in [2.45, 2.75) is 26.2 Å². The van der Waals surface area contributed by atoms with E-state index in [2.05, 4.69) is 13.8 Å². The average Bonchev–Trinajstić information content (AvgIpc) is 2.65. The first-order valence-electron chi connectivity index (χ1n) is 8.07. The molecule has 0 amide bonds. The Morgan fingerprint density at radius 2 is 1.77 bits per heavy atom. The molecule has 0 spiro atoms. The van der Waals surface area contributed by atoms with Crippen LogP contribution in [0.3, 0.4) is 0 Å². The zero-order valence-corrected chi connectivity index (χ0v) is 15.2. The quantitative estimate of drug-likeness (QED) is 0.300. The second-order valence-electron chi connectivity index (χ2n) is 5.85. The highest BCUT2D eigenvalue weighted by Gasteiger charge is 2.18. The molecule has 0 aliphatic rings. The van der Waals surface area contributed by atoms with Crippen LogP contribution in [0.5, 0.6) is 0 Å². The third-order valence-corrected chi connectivity index (χ3v) is 4.45. The van der Waals surface area contributed by atoms with E-state index < -0.39 is 23.2 Å². The topological polar surface area (TPSA) is 86.5 Å². The molecule has 136 valence electrons. The summed E-state index contributed by atoms with van der Waals surface area (Å²) in [5.41, 5.74) is 1.13. The molecule has 2 aromatic rings. The predicted molar refractivity (Wildman–Crippen MR) is 97.9 cm³/mol. The summed E-state index contributed by atoms with van der Waals surface area (Å²) in [5.74, 6) is -0.774. The molecule has 7 heteroatoms. The molecule has 0 unspecified atom stereocenters. The summed E-state index contributed by atoms with van der Waals surface area (Å²) in [7, 11) is 0. The van der Waals surface area contributed by atoms with Gasteiger partial charge in [-0.25, -0.2) is 4.79 Å². The summed E-state index contributed by atoms with van der Waals surface area (Å²) in [4.78, 5) is 34.3. The number of halogens is 1. The Hall–Kier alpha value is -2.73. The number of hydrogen-bond acceptors (Lipinski definition) is 5. The lowest BCUT2D eigenvalue weighted by molar-refractivity contribution is -0.384. The lowest BCUT2D eigenvalue weighted by Gasteiger charge is -2.09. The summed E-state index contributed by atoms with van der Waals surface area (Å²) in [6.45, 7) is 3.74. The average molecular weight is 376 g/mol. The van der Waals surface area contributed by atoms with Crippen LogP contribution >= 0.6 is 11.6 Å². The number of nitro groups is 1. The smallest absolute Gasteiger partial charge is 0.338 e. The van der Waals surface area contributed by atoms with Crippen molar-refractivity contribution in [2.24, 2.45) is 0 Å². The van der Waals surface area contributed by atoms with Gasteiger partial charge in [0, 0.05) is 11.6 Å². The van der Waals surface area contributed by atoms with Gasteiger partial charge < -0.3 is 4.74 Å². The van der Waals surface area contributed by atoms with Crippen LogP contribution in [-0.4, -0.2) is 23.3 Å². The fourth-order valence-electron chi connectivity index (χ4n) is 2.31. The summed E-state index contributed by atoms with van der Waals surface area (Å²) < 4.78 is 4.96. The van der Waals surface area contributed by atoms with Gasteiger partial charge in [-0.15, -0.1) is 0 Å². The second-order valence-corrected chi connectivity index (χ2v) is 6.26. The van der Waals surface area contributed by atoms with E-state index in [1.165, 1.54) is 12.1 Å². The second kappa shape index (κ2) is 8.58. The maximum Gasteiger partial charge on any atom is 0.338 e. The number of ether oxygens (including phenoxy) is 1. The maximum absolute atomic E-state index is 12.2. The first kappa shape index (κ1) is 19.6. The van der Waals surface area contributed by atoms with E-state index in [0.717, 1.165) is 18.1 Å². The molecule has 0 aromatic heterocycles. The number of nitro benzene ring substituents is 1. The van der Waals surface area contributed by atoms with Gasteiger partial charge in [-0.1, -0.05) is 49.7 Å². The number of benzene rings is 2. The molecule has 0 saturated carbocycles. The van der Waals surface area contributed by atoms with Crippen LogP contribution in [0.15, 0.2) is 42.5 Å². The lowest BCUT2D eigenvalue weighted by Crippen LogP contribution is -2.14. The number of carbonyl (C=O) groups is 2. The highest BCUT2D eigenvalue weighted by molar-refractivity contribution is 6.32. The van der Waals surface area contributed by atoms with E-state index in [1.54, 1.807) is 12.1 Å². The molecule has 2 aromatic carbocycles. The SMILES string of the molecule is CC[C@H](C)c1ccc(C(=O)COC(=O)c2ccc(Cl)c([N+](=O)[O-])c2)cc1. The first-order valence-corrected chi connectivity index (χ1v) is 8.45. The van der Waals surface area contributed by atoms with E-state index in [4.69, 9.17) is 16.3 Å². The molecular formula is C19H18ClNO5. The Bertz CT molecular complexity index is 832. The Morgan fingerprint density at radius 1 is 1.15 bits per heavy atom. The Labute approximate surface area is 155 Å². The van der Waals surface area contributed by atoms with E-state index in [-0.39, 0.29) is 16.4 Å². The molecule has 0 aliphatic heterocycles. The number of ketones is 1. The number of Topliss-reactive ketones (excluding diaryl/α,β-unsaturated/α-hetero) is 1. The van der Waals surface area contributed by atoms with Gasteiger partial charge in [0.1, 0.15) is 5.02 Å². The van der Waals surface area contributed by atoms with E-state index in [1.807, 2.05) is 12.1 Å². The van der Waals surface area contributed by atoms with Crippen molar-refractivity contribution < 1.29 is 19.2 Å². The minimum absolute atomic E-state index is 0.0407. The third kappa shape index (κ3) is 4.67. The fraction of sp³-hybridized carbons (Fsp3) is 0.263. The van der Waals surface area contributed by atoms with Crippen LogP contribution < -0.4 is 0 Å². The minimum Gasteiger partial charge on any atom is -0.454 e. The van der Waals surface area contributed by atoms with Crippen molar-refractivity contribution in [3.05, 3.63) is 74.3 Å². The van der Waals surface area contributed by atoms with Gasteiger partial charge in [-0.05, 0) is 30.0 Å².